The lowest BCUT2D eigenvalue weighted by Gasteiger charge is -2.05. The van der Waals surface area contributed by atoms with Gasteiger partial charge in [0.15, 0.2) is 5.84 Å². The highest BCUT2D eigenvalue weighted by Crippen LogP contribution is 2.00. The van der Waals surface area contributed by atoms with Crippen molar-refractivity contribution >= 4 is 11.9 Å². The third-order valence-electron chi connectivity index (χ3n) is 1.76. The number of nitrogens with one attached hydrogen (secondary N) is 1. The van der Waals surface area contributed by atoms with Gasteiger partial charge in [-0.2, -0.15) is 0 Å². The van der Waals surface area contributed by atoms with Gasteiger partial charge in [-0.15, -0.1) is 0 Å². The van der Waals surface area contributed by atoms with Crippen LogP contribution in [0.15, 0.2) is 35.5 Å². The molecule has 0 aliphatic carbocycles. The van der Waals surface area contributed by atoms with Crippen molar-refractivity contribution in [2.24, 2.45) is 10.9 Å². The first-order chi connectivity index (χ1) is 7.72. The van der Waals surface area contributed by atoms with Crippen LogP contribution in [0.4, 0.5) is 4.79 Å². The summed E-state index contributed by atoms with van der Waals surface area (Å²) in [4.78, 5) is 11.1. The number of alkyl carbamates (subject to hydrolysis) is 1. The van der Waals surface area contributed by atoms with Gasteiger partial charge in [0.25, 0.3) is 0 Å². The number of amidine groups is 1. The Bertz CT molecular complexity index is 365. The van der Waals surface area contributed by atoms with Crippen molar-refractivity contribution in [1.29, 1.82) is 0 Å². The molecule has 0 heterocycles. The Kier molecular flexibility index (Phi) is 4.65. The second-order valence-corrected chi connectivity index (χ2v) is 3.01. The molecule has 0 saturated heterocycles. The Hall–Kier alpha value is -2.24. The molecule has 16 heavy (non-hydrogen) atoms. The topological polar surface area (TPSA) is 96.9 Å². The Morgan fingerprint density at radius 3 is 2.75 bits per heavy atom. The number of nitrogens with two attached hydrogens (primary N) is 1. The van der Waals surface area contributed by atoms with E-state index in [1.54, 1.807) is 0 Å². The zero-order chi connectivity index (χ0) is 11.8. The standard InChI is InChI=1S/C10H13N3O3/c11-9(13-15)6-12-10(14)16-7-8-4-2-1-3-5-8/h1-5,15H,6-7H2,(H2,11,13)(H,12,14). The van der Waals surface area contributed by atoms with Crippen LogP contribution in [0.5, 0.6) is 0 Å². The third kappa shape index (κ3) is 4.32. The molecule has 86 valence electrons. The summed E-state index contributed by atoms with van der Waals surface area (Å²) in [5.41, 5.74) is 6.05. The number of oxime groups is 1. The fourth-order valence-corrected chi connectivity index (χ4v) is 0.972. The molecule has 0 spiro atoms. The molecule has 0 bridgehead atoms. The number of amides is 1. The Labute approximate surface area is 92.7 Å². The molecular weight excluding hydrogens is 210 g/mol. The second kappa shape index (κ2) is 6.28. The van der Waals surface area contributed by atoms with Crippen LogP contribution >= 0.6 is 0 Å². The van der Waals surface area contributed by atoms with E-state index in [1.807, 2.05) is 30.3 Å². The average Bonchev–Trinajstić information content (AvgIpc) is 2.34. The molecule has 0 aliphatic rings. The molecule has 1 rings (SSSR count). The van der Waals surface area contributed by atoms with Crippen LogP contribution in [-0.4, -0.2) is 23.7 Å². The Morgan fingerprint density at radius 2 is 2.12 bits per heavy atom. The first kappa shape index (κ1) is 11.8. The fourth-order valence-electron chi connectivity index (χ4n) is 0.972. The lowest BCUT2D eigenvalue weighted by Crippen LogP contribution is -2.33. The van der Waals surface area contributed by atoms with Crippen molar-refractivity contribution in [3.05, 3.63) is 35.9 Å². The van der Waals surface area contributed by atoms with Crippen LogP contribution in [0, 0.1) is 0 Å². The minimum Gasteiger partial charge on any atom is -0.445 e. The highest BCUT2D eigenvalue weighted by Gasteiger charge is 2.02. The molecule has 6 heteroatoms. The van der Waals surface area contributed by atoms with Crippen molar-refractivity contribution < 1.29 is 14.7 Å². The number of hydrogen-bond acceptors (Lipinski definition) is 4. The summed E-state index contributed by atoms with van der Waals surface area (Å²) >= 11 is 0. The molecule has 4 N–H and O–H groups in total. The Balaban J connectivity index is 2.26. The summed E-state index contributed by atoms with van der Waals surface area (Å²) < 4.78 is 4.88. The lowest BCUT2D eigenvalue weighted by atomic mass is 10.2. The molecule has 0 aliphatic heterocycles. The normalized spacial score (nSPS) is 10.9. The molecule has 6 nitrogen and oxygen atoms in total. The van der Waals surface area contributed by atoms with Crippen LogP contribution < -0.4 is 11.1 Å². The smallest absolute Gasteiger partial charge is 0.407 e. The van der Waals surface area contributed by atoms with Crippen molar-refractivity contribution in [2.75, 3.05) is 6.54 Å². The highest BCUT2D eigenvalue weighted by molar-refractivity contribution is 5.84. The molecule has 0 fully saturated rings. The summed E-state index contributed by atoms with van der Waals surface area (Å²) in [6.45, 7) is 0.132. The van der Waals surface area contributed by atoms with Gasteiger partial charge in [0.2, 0.25) is 0 Å². The first-order valence-electron chi connectivity index (χ1n) is 4.63. The summed E-state index contributed by atoms with van der Waals surface area (Å²) in [5.74, 6) is -0.0864. The quantitative estimate of drug-likeness (QED) is 0.302. The van der Waals surface area contributed by atoms with E-state index >= 15 is 0 Å². The molecule has 1 aromatic rings. The third-order valence-corrected chi connectivity index (χ3v) is 1.76. The fraction of sp³-hybridized carbons (Fsp3) is 0.200. The predicted octanol–water partition coefficient (Wildman–Crippen LogP) is 0.659. The van der Waals surface area contributed by atoms with Crippen LogP contribution in [0.1, 0.15) is 5.56 Å². The van der Waals surface area contributed by atoms with Gasteiger partial charge in [-0.3, -0.25) is 0 Å². The van der Waals surface area contributed by atoms with Crippen LogP contribution in [-0.2, 0) is 11.3 Å². The molecule has 0 saturated carbocycles. The molecule has 0 aromatic heterocycles. The molecule has 0 atom stereocenters. The van der Waals surface area contributed by atoms with E-state index in [1.165, 1.54) is 0 Å². The van der Waals surface area contributed by atoms with Gasteiger partial charge >= 0.3 is 6.09 Å². The van der Waals surface area contributed by atoms with Crippen molar-refractivity contribution in [3.63, 3.8) is 0 Å². The van der Waals surface area contributed by atoms with E-state index in [0.717, 1.165) is 5.56 Å². The summed E-state index contributed by atoms with van der Waals surface area (Å²) in [5, 5.41) is 13.3. The number of hydrogen-bond donors (Lipinski definition) is 3. The van der Waals surface area contributed by atoms with Gasteiger partial charge in [-0.25, -0.2) is 4.79 Å². The number of carbonyl (C=O) groups is 1. The van der Waals surface area contributed by atoms with E-state index in [2.05, 4.69) is 10.5 Å². The number of nitrogens with zero attached hydrogens (tertiary/aromatic N) is 1. The monoisotopic (exact) mass is 223 g/mol. The van der Waals surface area contributed by atoms with Gasteiger partial charge in [0.1, 0.15) is 6.61 Å². The van der Waals surface area contributed by atoms with Crippen LogP contribution in [0.3, 0.4) is 0 Å². The van der Waals surface area contributed by atoms with Crippen molar-refractivity contribution in [3.8, 4) is 0 Å². The first-order valence-corrected chi connectivity index (χ1v) is 4.63. The molecule has 0 unspecified atom stereocenters. The maximum absolute atomic E-state index is 11.1. The predicted molar refractivity (Wildman–Crippen MR) is 58.0 cm³/mol. The van der Waals surface area contributed by atoms with Crippen LogP contribution in [0.2, 0.25) is 0 Å². The molecule has 1 amide bonds. The summed E-state index contributed by atoms with van der Waals surface area (Å²) in [7, 11) is 0. The number of carbonyl (C=O) groups excluding carboxylic acids is 1. The van der Waals surface area contributed by atoms with Crippen LogP contribution in [0.25, 0.3) is 0 Å². The number of ether oxygens (including phenoxy) is 1. The minimum absolute atomic E-state index is 0.0515. The van der Waals surface area contributed by atoms with E-state index in [-0.39, 0.29) is 19.0 Å². The lowest BCUT2D eigenvalue weighted by molar-refractivity contribution is 0.141. The van der Waals surface area contributed by atoms with Gasteiger partial charge in [0, 0.05) is 0 Å². The summed E-state index contributed by atoms with van der Waals surface area (Å²) in [6, 6.07) is 9.27. The zero-order valence-electron chi connectivity index (χ0n) is 8.59. The van der Waals surface area contributed by atoms with Gasteiger partial charge < -0.3 is 21.0 Å². The van der Waals surface area contributed by atoms with Gasteiger partial charge in [-0.05, 0) is 5.56 Å². The highest BCUT2D eigenvalue weighted by atomic mass is 16.5. The molecular formula is C10H13N3O3. The zero-order valence-corrected chi connectivity index (χ0v) is 8.59. The van der Waals surface area contributed by atoms with Gasteiger partial charge in [0.05, 0.1) is 6.54 Å². The van der Waals surface area contributed by atoms with Crippen molar-refractivity contribution in [1.82, 2.24) is 5.32 Å². The van der Waals surface area contributed by atoms with E-state index < -0.39 is 6.09 Å². The average molecular weight is 223 g/mol. The molecule has 1 aromatic carbocycles. The second-order valence-electron chi connectivity index (χ2n) is 3.01. The van der Waals surface area contributed by atoms with E-state index in [0.29, 0.717) is 0 Å². The minimum atomic E-state index is -0.615. The largest absolute Gasteiger partial charge is 0.445 e. The number of rotatable bonds is 4. The van der Waals surface area contributed by atoms with Gasteiger partial charge in [-0.1, -0.05) is 35.5 Å². The number of benzene rings is 1. The maximum atomic E-state index is 11.1. The molecule has 0 radical (unpaired) electrons. The maximum Gasteiger partial charge on any atom is 0.407 e. The summed E-state index contributed by atoms with van der Waals surface area (Å²) in [6.07, 6.45) is -0.615. The Morgan fingerprint density at radius 1 is 1.44 bits per heavy atom. The van der Waals surface area contributed by atoms with E-state index in [9.17, 15) is 4.79 Å². The SMILES string of the molecule is N/C(CNC(=O)OCc1ccccc1)=N\O. The van der Waals surface area contributed by atoms with Crippen molar-refractivity contribution in [2.45, 2.75) is 6.61 Å². The van der Waals surface area contributed by atoms with E-state index in [4.69, 9.17) is 15.7 Å².